The van der Waals surface area contributed by atoms with Gasteiger partial charge in [0.2, 0.25) is 5.88 Å². The molecule has 2 aromatic rings. The first-order valence-electron chi connectivity index (χ1n) is 8.00. The molecule has 1 N–H and O–H groups in total. The molecule has 5 heteroatoms. The summed E-state index contributed by atoms with van der Waals surface area (Å²) >= 11 is 0. The van der Waals surface area contributed by atoms with Gasteiger partial charge in [0.15, 0.2) is 0 Å². The van der Waals surface area contributed by atoms with Gasteiger partial charge in [-0.15, -0.1) is 0 Å². The van der Waals surface area contributed by atoms with Gasteiger partial charge in [-0.2, -0.15) is 0 Å². The number of nitrogens with one attached hydrogen (secondary N) is 1. The number of para-hydroxylation sites is 1. The Morgan fingerprint density at radius 2 is 2.04 bits per heavy atom. The SMILES string of the molecule is CC(C)(C)NC(=O)N1CCC(Oc2ccc3ccccc3n2)C1. The molecule has 1 aromatic carbocycles. The zero-order chi connectivity index (χ0) is 16.4. The zero-order valence-electron chi connectivity index (χ0n) is 13.9. The highest BCUT2D eigenvalue weighted by Crippen LogP contribution is 2.20. The quantitative estimate of drug-likeness (QED) is 0.926. The number of fused-ring (bicyclic) bond motifs is 1. The minimum absolute atomic E-state index is 0.00520. The lowest BCUT2D eigenvalue weighted by atomic mass is 10.1. The van der Waals surface area contributed by atoms with Gasteiger partial charge in [0, 0.05) is 30.0 Å². The maximum absolute atomic E-state index is 12.2. The van der Waals surface area contributed by atoms with E-state index in [4.69, 9.17) is 4.74 Å². The molecule has 2 amide bonds. The number of ether oxygens (including phenoxy) is 1. The molecule has 1 atom stereocenters. The number of amides is 2. The van der Waals surface area contributed by atoms with Crippen LogP contribution >= 0.6 is 0 Å². The highest BCUT2D eigenvalue weighted by atomic mass is 16.5. The molecule has 0 radical (unpaired) electrons. The van der Waals surface area contributed by atoms with Crippen molar-refractivity contribution in [2.45, 2.75) is 38.8 Å². The third kappa shape index (κ3) is 3.92. The Morgan fingerprint density at radius 3 is 2.83 bits per heavy atom. The number of aromatic nitrogens is 1. The third-order valence-corrected chi connectivity index (χ3v) is 3.77. The fourth-order valence-corrected chi connectivity index (χ4v) is 2.69. The molecule has 3 rings (SSSR count). The van der Waals surface area contributed by atoms with Crippen LogP contribution in [0.15, 0.2) is 36.4 Å². The second kappa shape index (κ2) is 6.07. The first kappa shape index (κ1) is 15.6. The molecule has 0 saturated carbocycles. The van der Waals surface area contributed by atoms with Gasteiger partial charge in [0.1, 0.15) is 6.10 Å². The Bertz CT molecular complexity index is 709. The first-order valence-corrected chi connectivity index (χ1v) is 8.00. The molecular weight excluding hydrogens is 290 g/mol. The third-order valence-electron chi connectivity index (χ3n) is 3.77. The average molecular weight is 313 g/mol. The fourth-order valence-electron chi connectivity index (χ4n) is 2.69. The van der Waals surface area contributed by atoms with Crippen LogP contribution < -0.4 is 10.1 Å². The van der Waals surface area contributed by atoms with Crippen molar-refractivity contribution in [1.82, 2.24) is 15.2 Å². The van der Waals surface area contributed by atoms with Gasteiger partial charge >= 0.3 is 6.03 Å². The highest BCUT2D eigenvalue weighted by molar-refractivity contribution is 5.78. The Labute approximate surface area is 136 Å². The van der Waals surface area contributed by atoms with Gasteiger partial charge < -0.3 is 15.0 Å². The molecule has 1 saturated heterocycles. The van der Waals surface area contributed by atoms with Crippen LogP contribution in [0.25, 0.3) is 10.9 Å². The van der Waals surface area contributed by atoms with E-state index in [-0.39, 0.29) is 17.7 Å². The minimum Gasteiger partial charge on any atom is -0.472 e. The number of carbonyl (C=O) groups excluding carboxylic acids is 1. The molecule has 122 valence electrons. The number of hydrogen-bond acceptors (Lipinski definition) is 3. The maximum atomic E-state index is 12.2. The summed E-state index contributed by atoms with van der Waals surface area (Å²) in [5, 5.41) is 4.08. The lowest BCUT2D eigenvalue weighted by Crippen LogP contribution is -2.48. The zero-order valence-corrected chi connectivity index (χ0v) is 13.9. The molecule has 1 aliphatic rings. The highest BCUT2D eigenvalue weighted by Gasteiger charge is 2.29. The van der Waals surface area contributed by atoms with Crippen LogP contribution in [0.2, 0.25) is 0 Å². The van der Waals surface area contributed by atoms with Gasteiger partial charge in [-0.25, -0.2) is 9.78 Å². The number of pyridine rings is 1. The van der Waals surface area contributed by atoms with Crippen molar-refractivity contribution < 1.29 is 9.53 Å². The second-order valence-corrected chi connectivity index (χ2v) is 7.00. The summed E-state index contributed by atoms with van der Waals surface area (Å²) in [4.78, 5) is 18.5. The van der Waals surface area contributed by atoms with Crippen molar-refractivity contribution >= 4 is 16.9 Å². The molecule has 0 aliphatic carbocycles. The molecule has 23 heavy (non-hydrogen) atoms. The van der Waals surface area contributed by atoms with Gasteiger partial charge in [0.05, 0.1) is 12.1 Å². The van der Waals surface area contributed by atoms with Gasteiger partial charge in [0.25, 0.3) is 0 Å². The van der Waals surface area contributed by atoms with Crippen LogP contribution in [0, 0.1) is 0 Å². The van der Waals surface area contributed by atoms with Crippen molar-refractivity contribution in [2.75, 3.05) is 13.1 Å². The van der Waals surface area contributed by atoms with Crippen molar-refractivity contribution in [3.05, 3.63) is 36.4 Å². The second-order valence-electron chi connectivity index (χ2n) is 7.00. The van der Waals surface area contributed by atoms with E-state index in [1.165, 1.54) is 0 Å². The van der Waals surface area contributed by atoms with Crippen LogP contribution in [0.5, 0.6) is 5.88 Å². The number of benzene rings is 1. The standard InChI is InChI=1S/C18H23N3O2/c1-18(2,3)20-17(22)21-11-10-14(12-21)23-16-9-8-13-6-4-5-7-15(13)19-16/h4-9,14H,10-12H2,1-3H3,(H,20,22). The molecule has 1 fully saturated rings. The molecule has 2 heterocycles. The molecule has 1 unspecified atom stereocenters. The Kier molecular flexibility index (Phi) is 4.11. The molecule has 0 spiro atoms. The molecule has 5 nitrogen and oxygen atoms in total. The summed E-state index contributed by atoms with van der Waals surface area (Å²) in [6.45, 7) is 7.24. The minimum atomic E-state index is -0.226. The van der Waals surface area contributed by atoms with Crippen molar-refractivity contribution in [2.24, 2.45) is 0 Å². The summed E-state index contributed by atoms with van der Waals surface area (Å²) in [5.41, 5.74) is 0.695. The average Bonchev–Trinajstić information content (AvgIpc) is 2.94. The van der Waals surface area contributed by atoms with Crippen molar-refractivity contribution in [1.29, 1.82) is 0 Å². The number of rotatable bonds is 2. The number of urea groups is 1. The Hall–Kier alpha value is -2.30. The number of carbonyl (C=O) groups is 1. The first-order chi connectivity index (χ1) is 10.9. The number of hydrogen-bond donors (Lipinski definition) is 1. The van der Waals surface area contributed by atoms with E-state index < -0.39 is 0 Å². The number of nitrogens with zero attached hydrogens (tertiary/aromatic N) is 2. The van der Waals surface area contributed by atoms with Gasteiger partial charge in [-0.3, -0.25) is 0 Å². The summed E-state index contributed by atoms with van der Waals surface area (Å²) in [6, 6.07) is 11.8. The van der Waals surface area contributed by atoms with Crippen LogP contribution in [0.4, 0.5) is 4.79 Å². The smallest absolute Gasteiger partial charge is 0.317 e. The Balaban J connectivity index is 1.61. The Morgan fingerprint density at radius 1 is 1.26 bits per heavy atom. The molecule has 1 aromatic heterocycles. The van der Waals surface area contributed by atoms with E-state index in [1.54, 1.807) is 4.90 Å². The summed E-state index contributed by atoms with van der Waals surface area (Å²) in [6.07, 6.45) is 0.820. The molecular formula is C18H23N3O2. The van der Waals surface area contributed by atoms with E-state index in [2.05, 4.69) is 10.3 Å². The summed E-state index contributed by atoms with van der Waals surface area (Å²) in [7, 11) is 0. The van der Waals surface area contributed by atoms with Crippen LogP contribution in [0.1, 0.15) is 27.2 Å². The maximum Gasteiger partial charge on any atom is 0.317 e. The van der Waals surface area contributed by atoms with Gasteiger partial charge in [-0.05, 0) is 32.9 Å². The van der Waals surface area contributed by atoms with Gasteiger partial charge in [-0.1, -0.05) is 18.2 Å². The van der Waals surface area contributed by atoms with E-state index in [0.717, 1.165) is 17.3 Å². The van der Waals surface area contributed by atoms with Crippen molar-refractivity contribution in [3.8, 4) is 5.88 Å². The topological polar surface area (TPSA) is 54.5 Å². The number of likely N-dealkylation sites (tertiary alicyclic amines) is 1. The van der Waals surface area contributed by atoms with Crippen molar-refractivity contribution in [3.63, 3.8) is 0 Å². The van der Waals surface area contributed by atoms with E-state index in [0.29, 0.717) is 19.0 Å². The lowest BCUT2D eigenvalue weighted by Gasteiger charge is -2.25. The van der Waals surface area contributed by atoms with Crippen LogP contribution in [-0.2, 0) is 0 Å². The predicted octanol–water partition coefficient (Wildman–Crippen LogP) is 3.20. The molecule has 1 aliphatic heterocycles. The predicted molar refractivity (Wildman–Crippen MR) is 90.6 cm³/mol. The van der Waals surface area contributed by atoms with E-state index >= 15 is 0 Å². The van der Waals surface area contributed by atoms with Crippen LogP contribution in [-0.4, -0.2) is 40.6 Å². The monoisotopic (exact) mass is 313 g/mol. The normalized spacial score (nSPS) is 18.2. The van der Waals surface area contributed by atoms with Crippen LogP contribution in [0.3, 0.4) is 0 Å². The van der Waals surface area contributed by atoms with E-state index in [1.807, 2.05) is 57.2 Å². The fraction of sp³-hybridized carbons (Fsp3) is 0.444. The summed E-state index contributed by atoms with van der Waals surface area (Å²) < 4.78 is 5.96. The molecule has 0 bridgehead atoms. The van der Waals surface area contributed by atoms with E-state index in [9.17, 15) is 4.79 Å². The largest absolute Gasteiger partial charge is 0.472 e. The summed E-state index contributed by atoms with van der Waals surface area (Å²) in [5.74, 6) is 0.617. The lowest BCUT2D eigenvalue weighted by molar-refractivity contribution is 0.178.